The van der Waals surface area contributed by atoms with Crippen molar-refractivity contribution in [2.45, 2.75) is 19.0 Å². The number of nitrogens with one attached hydrogen (secondary N) is 1. The van der Waals surface area contributed by atoms with Crippen LogP contribution in [0.3, 0.4) is 0 Å². The molecular formula is C12H13F4NO2. The number of hydrogen-bond donors (Lipinski definition) is 1. The van der Waals surface area contributed by atoms with E-state index < -0.39 is 24.3 Å². The first-order valence-corrected chi connectivity index (χ1v) is 5.52. The first-order chi connectivity index (χ1) is 8.83. The molecule has 106 valence electrons. The largest absolute Gasteiger partial charge is 0.497 e. The molecule has 7 heteroatoms. The summed E-state index contributed by atoms with van der Waals surface area (Å²) in [5, 5.41) is 2.23. The molecule has 0 saturated heterocycles. The van der Waals surface area contributed by atoms with Gasteiger partial charge in [-0.3, -0.25) is 4.79 Å². The quantitative estimate of drug-likeness (QED) is 0.665. The average Bonchev–Trinajstić information content (AvgIpc) is 2.33. The van der Waals surface area contributed by atoms with Gasteiger partial charge in [-0.15, -0.1) is 0 Å². The summed E-state index contributed by atoms with van der Waals surface area (Å²) in [6.07, 6.45) is -5.48. The topological polar surface area (TPSA) is 38.3 Å². The molecule has 1 N–H and O–H groups in total. The van der Waals surface area contributed by atoms with Gasteiger partial charge >= 0.3 is 6.18 Å². The Morgan fingerprint density at radius 2 is 2.05 bits per heavy atom. The monoisotopic (exact) mass is 279 g/mol. The van der Waals surface area contributed by atoms with E-state index in [0.717, 1.165) is 6.07 Å². The lowest BCUT2D eigenvalue weighted by Crippen LogP contribution is -2.26. The van der Waals surface area contributed by atoms with Crippen LogP contribution < -0.4 is 10.1 Å². The van der Waals surface area contributed by atoms with Crippen molar-refractivity contribution >= 4 is 5.91 Å². The second-order valence-corrected chi connectivity index (χ2v) is 3.82. The smallest absolute Gasteiger partial charge is 0.389 e. The number of amides is 1. The molecule has 1 rings (SSSR count). The third-order valence-corrected chi connectivity index (χ3v) is 2.34. The van der Waals surface area contributed by atoms with Crippen LogP contribution in [-0.2, 0) is 0 Å². The number of alkyl halides is 3. The van der Waals surface area contributed by atoms with Crippen LogP contribution in [0.2, 0.25) is 0 Å². The highest BCUT2D eigenvalue weighted by molar-refractivity contribution is 5.94. The standard InChI is InChI=1S/C12H13F4NO2/c1-19-8-3-4-9(10(13)7-8)11(18)17-6-2-5-12(14,15)16/h3-4,7H,2,5-6H2,1H3,(H,17,18). The molecule has 0 aliphatic carbocycles. The van der Waals surface area contributed by atoms with E-state index in [9.17, 15) is 22.4 Å². The van der Waals surface area contributed by atoms with E-state index in [1.54, 1.807) is 0 Å². The Balaban J connectivity index is 2.50. The maximum Gasteiger partial charge on any atom is 0.389 e. The number of carbonyl (C=O) groups is 1. The minimum atomic E-state index is -4.25. The van der Waals surface area contributed by atoms with Gasteiger partial charge in [0.2, 0.25) is 0 Å². The molecule has 1 aromatic rings. The van der Waals surface area contributed by atoms with Crippen LogP contribution in [0.15, 0.2) is 18.2 Å². The summed E-state index contributed by atoms with van der Waals surface area (Å²) < 4.78 is 53.8. The van der Waals surface area contributed by atoms with Gasteiger partial charge in [-0.2, -0.15) is 13.2 Å². The van der Waals surface area contributed by atoms with E-state index in [4.69, 9.17) is 4.74 Å². The van der Waals surface area contributed by atoms with E-state index in [1.165, 1.54) is 19.2 Å². The average molecular weight is 279 g/mol. The van der Waals surface area contributed by atoms with Gasteiger partial charge in [-0.1, -0.05) is 0 Å². The van der Waals surface area contributed by atoms with E-state index >= 15 is 0 Å². The summed E-state index contributed by atoms with van der Waals surface area (Å²) in [7, 11) is 1.35. The van der Waals surface area contributed by atoms with Crippen LogP contribution in [-0.4, -0.2) is 25.7 Å². The van der Waals surface area contributed by atoms with Crippen molar-refractivity contribution in [3.63, 3.8) is 0 Å². The molecule has 0 radical (unpaired) electrons. The fraction of sp³-hybridized carbons (Fsp3) is 0.417. The van der Waals surface area contributed by atoms with Crippen molar-refractivity contribution in [2.24, 2.45) is 0 Å². The maximum atomic E-state index is 13.5. The third kappa shape index (κ3) is 5.15. The fourth-order valence-corrected chi connectivity index (χ4v) is 1.39. The molecule has 0 heterocycles. The highest BCUT2D eigenvalue weighted by Crippen LogP contribution is 2.21. The summed E-state index contributed by atoms with van der Waals surface area (Å²) in [4.78, 5) is 11.5. The van der Waals surface area contributed by atoms with Crippen LogP contribution >= 0.6 is 0 Å². The van der Waals surface area contributed by atoms with Crippen molar-refractivity contribution in [1.29, 1.82) is 0 Å². The Hall–Kier alpha value is -1.79. The molecule has 0 aliphatic heterocycles. The molecule has 0 spiro atoms. The van der Waals surface area contributed by atoms with E-state index in [-0.39, 0.29) is 24.3 Å². The van der Waals surface area contributed by atoms with E-state index in [2.05, 4.69) is 5.32 Å². The lowest BCUT2D eigenvalue weighted by Gasteiger charge is -2.08. The molecule has 0 aromatic heterocycles. The summed E-state index contributed by atoms with van der Waals surface area (Å²) in [5.74, 6) is -1.28. The molecule has 0 aliphatic rings. The van der Waals surface area contributed by atoms with E-state index in [1.807, 2.05) is 0 Å². The highest BCUT2D eigenvalue weighted by Gasteiger charge is 2.26. The Bertz CT molecular complexity index is 446. The Morgan fingerprint density at radius 1 is 1.37 bits per heavy atom. The van der Waals surface area contributed by atoms with Gasteiger partial charge in [0.1, 0.15) is 11.6 Å². The number of halogens is 4. The van der Waals surface area contributed by atoms with Crippen molar-refractivity contribution < 1.29 is 27.1 Å². The number of carbonyl (C=O) groups excluding carboxylic acids is 1. The predicted octanol–water partition coefficient (Wildman–Crippen LogP) is 2.91. The van der Waals surface area contributed by atoms with Gasteiger partial charge < -0.3 is 10.1 Å². The fourth-order valence-electron chi connectivity index (χ4n) is 1.39. The molecule has 0 saturated carbocycles. The van der Waals surface area contributed by atoms with Crippen LogP contribution in [0, 0.1) is 5.82 Å². The summed E-state index contributed by atoms with van der Waals surface area (Å²) in [6.45, 7) is -0.163. The van der Waals surface area contributed by atoms with Crippen molar-refractivity contribution in [2.75, 3.05) is 13.7 Å². The Kier molecular flexibility index (Phi) is 5.14. The van der Waals surface area contributed by atoms with Crippen molar-refractivity contribution in [3.8, 4) is 5.75 Å². The first kappa shape index (κ1) is 15.3. The van der Waals surface area contributed by atoms with Gasteiger partial charge in [0.05, 0.1) is 12.7 Å². The maximum absolute atomic E-state index is 13.5. The molecule has 19 heavy (non-hydrogen) atoms. The van der Waals surface area contributed by atoms with Crippen LogP contribution in [0.5, 0.6) is 5.75 Å². The van der Waals surface area contributed by atoms with Crippen molar-refractivity contribution in [1.82, 2.24) is 5.32 Å². The molecule has 3 nitrogen and oxygen atoms in total. The summed E-state index contributed by atoms with van der Waals surface area (Å²) in [6, 6.07) is 3.64. The molecule has 0 unspecified atom stereocenters. The first-order valence-electron chi connectivity index (χ1n) is 5.52. The zero-order valence-corrected chi connectivity index (χ0v) is 10.2. The molecule has 0 atom stereocenters. The minimum Gasteiger partial charge on any atom is -0.497 e. The SMILES string of the molecule is COc1ccc(C(=O)NCCCC(F)(F)F)c(F)c1. The number of rotatable bonds is 5. The lowest BCUT2D eigenvalue weighted by atomic mass is 10.2. The molecule has 0 fully saturated rings. The zero-order chi connectivity index (χ0) is 14.5. The Morgan fingerprint density at radius 3 is 2.58 bits per heavy atom. The normalized spacial score (nSPS) is 11.2. The Labute approximate surface area is 107 Å². The third-order valence-electron chi connectivity index (χ3n) is 2.34. The van der Waals surface area contributed by atoms with Crippen LogP contribution in [0.1, 0.15) is 23.2 Å². The lowest BCUT2D eigenvalue weighted by molar-refractivity contribution is -0.135. The molecule has 1 amide bonds. The molecular weight excluding hydrogens is 266 g/mol. The second kappa shape index (κ2) is 6.40. The molecule has 0 bridgehead atoms. The van der Waals surface area contributed by atoms with Gasteiger partial charge in [0, 0.05) is 19.0 Å². The van der Waals surface area contributed by atoms with Gasteiger partial charge in [0.25, 0.3) is 5.91 Å². The number of methoxy groups -OCH3 is 1. The number of hydrogen-bond acceptors (Lipinski definition) is 2. The van der Waals surface area contributed by atoms with Crippen LogP contribution in [0.4, 0.5) is 17.6 Å². The molecule has 1 aromatic carbocycles. The second-order valence-electron chi connectivity index (χ2n) is 3.82. The van der Waals surface area contributed by atoms with Gasteiger partial charge in [-0.05, 0) is 18.6 Å². The zero-order valence-electron chi connectivity index (χ0n) is 10.2. The number of ether oxygens (including phenoxy) is 1. The van der Waals surface area contributed by atoms with Gasteiger partial charge in [0.15, 0.2) is 0 Å². The highest BCUT2D eigenvalue weighted by atomic mass is 19.4. The minimum absolute atomic E-state index is 0.163. The van der Waals surface area contributed by atoms with E-state index in [0.29, 0.717) is 0 Å². The summed E-state index contributed by atoms with van der Waals surface area (Å²) in [5.41, 5.74) is -0.229. The predicted molar refractivity (Wildman–Crippen MR) is 60.6 cm³/mol. The van der Waals surface area contributed by atoms with Gasteiger partial charge in [-0.25, -0.2) is 4.39 Å². The van der Waals surface area contributed by atoms with Crippen LogP contribution in [0.25, 0.3) is 0 Å². The van der Waals surface area contributed by atoms with Crippen molar-refractivity contribution in [3.05, 3.63) is 29.6 Å². The number of benzene rings is 1. The summed E-state index contributed by atoms with van der Waals surface area (Å²) >= 11 is 0.